The summed E-state index contributed by atoms with van der Waals surface area (Å²) in [5.41, 5.74) is 8.38. The summed E-state index contributed by atoms with van der Waals surface area (Å²) < 4.78 is 17.8. The van der Waals surface area contributed by atoms with Crippen molar-refractivity contribution in [2.24, 2.45) is 0 Å². The van der Waals surface area contributed by atoms with Crippen molar-refractivity contribution < 1.29 is 8.73 Å². The second kappa shape index (κ2) is 8.20. The number of nitrogen functional groups attached to an aromatic ring is 1. The molecule has 0 aliphatic heterocycles. The number of nitrogens with zero attached hydrogens (tertiary/aromatic N) is 2. The molecule has 0 saturated carbocycles. The number of hydrogen-bond donors (Lipinski definition) is 1. The molecule has 8 heteroatoms. The highest BCUT2D eigenvalue weighted by molar-refractivity contribution is 7.84. The molecule has 1 aromatic heterocycles. The van der Waals surface area contributed by atoms with Gasteiger partial charge in [-0.15, -0.1) is 0 Å². The van der Waals surface area contributed by atoms with Crippen molar-refractivity contribution >= 4 is 39.7 Å². The van der Waals surface area contributed by atoms with E-state index in [1.165, 1.54) is 0 Å². The minimum absolute atomic E-state index is 0.169. The van der Waals surface area contributed by atoms with E-state index in [0.717, 1.165) is 11.1 Å². The Hall–Kier alpha value is -1.89. The van der Waals surface area contributed by atoms with Gasteiger partial charge in [-0.1, -0.05) is 46.6 Å². The van der Waals surface area contributed by atoms with Crippen LogP contribution >= 0.6 is 23.2 Å². The molecule has 0 aliphatic carbocycles. The highest BCUT2D eigenvalue weighted by Gasteiger charge is 2.23. The van der Waals surface area contributed by atoms with E-state index in [9.17, 15) is 4.21 Å². The summed E-state index contributed by atoms with van der Waals surface area (Å²) in [5.74, 6) is 1.06. The molecule has 0 radical (unpaired) electrons. The van der Waals surface area contributed by atoms with Gasteiger partial charge in [0, 0.05) is 38.2 Å². The molecule has 0 amide bonds. The van der Waals surface area contributed by atoms with E-state index in [-0.39, 0.29) is 11.7 Å². The molecule has 136 valence electrons. The van der Waals surface area contributed by atoms with E-state index in [0.29, 0.717) is 33.2 Å². The van der Waals surface area contributed by atoms with Crippen LogP contribution in [0.5, 0.6) is 0 Å². The first-order chi connectivity index (χ1) is 12.4. The molecule has 2 N–H and O–H groups in total. The van der Waals surface area contributed by atoms with E-state index in [2.05, 4.69) is 10.1 Å². The molecule has 3 aromatic rings. The Morgan fingerprint density at radius 2 is 1.96 bits per heavy atom. The average Bonchev–Trinajstić information content (AvgIpc) is 3.00. The van der Waals surface area contributed by atoms with Crippen LogP contribution in [0.25, 0.3) is 0 Å². The van der Waals surface area contributed by atoms with Gasteiger partial charge in [-0.2, -0.15) is 4.98 Å². The number of benzene rings is 2. The zero-order chi connectivity index (χ0) is 18.7. The molecule has 0 aliphatic rings. The first-order valence-electron chi connectivity index (χ1n) is 7.87. The van der Waals surface area contributed by atoms with E-state index < -0.39 is 10.8 Å². The lowest BCUT2D eigenvalue weighted by Gasteiger charge is -2.20. The maximum atomic E-state index is 12.8. The normalized spacial score (nSPS) is 13.5. The number of halogens is 2. The van der Waals surface area contributed by atoms with Gasteiger partial charge in [0.25, 0.3) is 0 Å². The molecule has 2 unspecified atom stereocenters. The van der Waals surface area contributed by atoms with Gasteiger partial charge in [0.15, 0.2) is 5.82 Å². The van der Waals surface area contributed by atoms with Crippen molar-refractivity contribution in [2.75, 3.05) is 11.5 Å². The molecule has 0 bridgehead atoms. The highest BCUT2D eigenvalue weighted by Crippen LogP contribution is 2.35. The van der Waals surface area contributed by atoms with Crippen molar-refractivity contribution in [3.63, 3.8) is 0 Å². The summed E-state index contributed by atoms with van der Waals surface area (Å²) in [6.07, 6.45) is 0. The maximum absolute atomic E-state index is 12.8. The monoisotopic (exact) mass is 409 g/mol. The van der Waals surface area contributed by atoms with Gasteiger partial charge in [0.2, 0.25) is 5.89 Å². The van der Waals surface area contributed by atoms with Crippen molar-refractivity contribution in [1.29, 1.82) is 0 Å². The first-order valence-corrected chi connectivity index (χ1v) is 10.1. The van der Waals surface area contributed by atoms with Crippen LogP contribution in [0.3, 0.4) is 0 Å². The van der Waals surface area contributed by atoms with Crippen LogP contribution in [-0.4, -0.2) is 20.1 Å². The second-order valence-electron chi connectivity index (χ2n) is 5.83. The Labute approximate surface area is 164 Å². The second-order valence-corrected chi connectivity index (χ2v) is 8.18. The molecule has 2 atom stereocenters. The molecule has 5 nitrogen and oxygen atoms in total. The van der Waals surface area contributed by atoms with Gasteiger partial charge in [-0.3, -0.25) is 4.21 Å². The number of rotatable bonds is 6. The summed E-state index contributed by atoms with van der Waals surface area (Å²) in [4.78, 5) is 4.11. The summed E-state index contributed by atoms with van der Waals surface area (Å²) >= 11 is 12.6. The molecule has 26 heavy (non-hydrogen) atoms. The molecular weight excluding hydrogens is 393 g/mol. The van der Waals surface area contributed by atoms with Crippen molar-refractivity contribution in [2.45, 2.75) is 18.6 Å². The minimum Gasteiger partial charge on any atom is -0.398 e. The maximum Gasteiger partial charge on any atom is 0.239 e. The fraction of sp³-hybridized carbons (Fsp3) is 0.222. The average molecular weight is 410 g/mol. The van der Waals surface area contributed by atoms with Crippen LogP contribution < -0.4 is 5.73 Å². The van der Waals surface area contributed by atoms with Crippen molar-refractivity contribution in [1.82, 2.24) is 10.1 Å². The Kier molecular flexibility index (Phi) is 5.96. The topological polar surface area (TPSA) is 82.0 Å². The zero-order valence-corrected chi connectivity index (χ0v) is 16.3. The van der Waals surface area contributed by atoms with Gasteiger partial charge < -0.3 is 10.3 Å². The molecule has 1 heterocycles. The van der Waals surface area contributed by atoms with Gasteiger partial charge in [0.1, 0.15) is 5.75 Å². The molecule has 0 saturated heterocycles. The smallest absolute Gasteiger partial charge is 0.239 e. The van der Waals surface area contributed by atoms with E-state index in [1.807, 2.05) is 18.2 Å². The fourth-order valence-corrected chi connectivity index (χ4v) is 4.42. The zero-order valence-electron chi connectivity index (χ0n) is 14.0. The number of nitrogens with two attached hydrogens (primary N) is 1. The molecule has 3 rings (SSSR count). The SMILES string of the molecule is Cc1noc(CS(=O)CC(c2cc(Cl)ccc2N)c2ccccc2Cl)n1. The summed E-state index contributed by atoms with van der Waals surface area (Å²) in [6, 6.07) is 12.7. The molecular formula is C18H17Cl2N3O2S. The number of aromatic nitrogens is 2. The van der Waals surface area contributed by atoms with Crippen molar-refractivity contribution in [3.05, 3.63) is 75.4 Å². The van der Waals surface area contributed by atoms with E-state index in [4.69, 9.17) is 33.5 Å². The predicted octanol–water partition coefficient (Wildman–Crippen LogP) is 4.35. The summed E-state index contributed by atoms with van der Waals surface area (Å²) in [7, 11) is -1.27. The van der Waals surface area contributed by atoms with Crippen LogP contribution in [0.1, 0.15) is 28.8 Å². The third kappa shape index (κ3) is 4.44. The van der Waals surface area contributed by atoms with Crippen LogP contribution in [0.2, 0.25) is 10.0 Å². The number of aryl methyl sites for hydroxylation is 1. The molecule has 0 fully saturated rings. The van der Waals surface area contributed by atoms with Crippen molar-refractivity contribution in [3.8, 4) is 0 Å². The van der Waals surface area contributed by atoms with Crippen LogP contribution in [0, 0.1) is 6.92 Å². The fourth-order valence-electron chi connectivity index (χ4n) is 2.73. The largest absolute Gasteiger partial charge is 0.398 e. The lowest BCUT2D eigenvalue weighted by atomic mass is 9.91. The lowest BCUT2D eigenvalue weighted by Crippen LogP contribution is -2.15. The van der Waals surface area contributed by atoms with E-state index >= 15 is 0 Å². The predicted molar refractivity (Wildman–Crippen MR) is 105 cm³/mol. The third-order valence-corrected chi connectivity index (χ3v) is 5.76. The van der Waals surface area contributed by atoms with Crippen LogP contribution in [-0.2, 0) is 16.6 Å². The molecule has 0 spiro atoms. The van der Waals surface area contributed by atoms with Crippen LogP contribution in [0.15, 0.2) is 47.0 Å². The van der Waals surface area contributed by atoms with Gasteiger partial charge in [-0.25, -0.2) is 0 Å². The summed E-state index contributed by atoms with van der Waals surface area (Å²) in [5, 5.41) is 4.87. The Balaban J connectivity index is 1.94. The summed E-state index contributed by atoms with van der Waals surface area (Å²) in [6.45, 7) is 1.72. The van der Waals surface area contributed by atoms with Gasteiger partial charge in [0.05, 0.1) is 0 Å². The van der Waals surface area contributed by atoms with E-state index in [1.54, 1.807) is 31.2 Å². The Morgan fingerprint density at radius 1 is 1.19 bits per heavy atom. The Bertz CT molecular complexity index is 946. The lowest BCUT2D eigenvalue weighted by molar-refractivity contribution is 0.386. The quantitative estimate of drug-likeness (QED) is 0.611. The minimum atomic E-state index is -1.27. The number of anilines is 1. The standard InChI is InChI=1S/C18H17Cl2N3O2S/c1-11-22-18(25-23-11)10-26(24)9-15(13-4-2-3-5-16(13)20)14-8-12(19)6-7-17(14)21/h2-8,15H,9-10,21H2,1H3. The first kappa shape index (κ1) is 18.9. The highest BCUT2D eigenvalue weighted by atomic mass is 35.5. The third-order valence-electron chi connectivity index (χ3n) is 3.91. The van der Waals surface area contributed by atoms with Crippen LogP contribution in [0.4, 0.5) is 5.69 Å². The van der Waals surface area contributed by atoms with Gasteiger partial charge >= 0.3 is 0 Å². The number of hydrogen-bond acceptors (Lipinski definition) is 5. The molecule has 2 aromatic carbocycles. The Morgan fingerprint density at radius 3 is 2.65 bits per heavy atom. The van der Waals surface area contributed by atoms with Gasteiger partial charge in [-0.05, 0) is 42.3 Å².